The first kappa shape index (κ1) is 68.2. The van der Waals surface area contributed by atoms with E-state index in [1.54, 1.807) is 0 Å². The average molecular weight is 988 g/mol. The first-order chi connectivity index (χ1) is 34.5. The van der Waals surface area contributed by atoms with Crippen LogP contribution in [0.1, 0.15) is 361 Å². The second-order valence-electron chi connectivity index (χ2n) is 21.7. The van der Waals surface area contributed by atoms with E-state index < -0.39 is 6.10 Å². The standard InChI is InChI=1S/C64H122O6/c1-4-7-10-13-16-19-22-25-27-29-30-31-32-33-34-36-37-39-42-45-48-51-54-57-63(66)69-60-61(59-68-62(65)56-53-50-47-44-41-24-21-18-15-12-9-6-3)70-64(67)58-55-52-49-46-43-40-38-35-28-26-23-20-17-14-11-8-5-2/h26,28,61H,4-25,27,29-60H2,1-3H3/b28-26-. The Hall–Kier alpha value is -1.85. The molecule has 0 aromatic carbocycles. The molecule has 414 valence electrons. The molecule has 0 aromatic rings. The van der Waals surface area contributed by atoms with E-state index in [0.29, 0.717) is 19.3 Å². The van der Waals surface area contributed by atoms with Crippen LogP contribution in [0.5, 0.6) is 0 Å². The van der Waals surface area contributed by atoms with Gasteiger partial charge >= 0.3 is 17.9 Å². The second-order valence-corrected chi connectivity index (χ2v) is 21.7. The van der Waals surface area contributed by atoms with E-state index in [9.17, 15) is 14.4 Å². The Labute approximate surface area is 437 Å². The van der Waals surface area contributed by atoms with Crippen LogP contribution in [0, 0.1) is 0 Å². The average Bonchev–Trinajstić information content (AvgIpc) is 3.36. The molecule has 1 unspecified atom stereocenters. The zero-order chi connectivity index (χ0) is 50.7. The fourth-order valence-electron chi connectivity index (χ4n) is 9.74. The van der Waals surface area contributed by atoms with Crippen LogP contribution in [-0.4, -0.2) is 37.2 Å². The summed E-state index contributed by atoms with van der Waals surface area (Å²) in [5.41, 5.74) is 0. The highest BCUT2D eigenvalue weighted by atomic mass is 16.6. The molecule has 0 amide bonds. The molecule has 0 bridgehead atoms. The van der Waals surface area contributed by atoms with Gasteiger partial charge in [-0.25, -0.2) is 0 Å². The summed E-state index contributed by atoms with van der Waals surface area (Å²) in [6, 6.07) is 0. The van der Waals surface area contributed by atoms with Crippen molar-refractivity contribution in [2.45, 2.75) is 367 Å². The van der Waals surface area contributed by atoms with Crippen molar-refractivity contribution in [1.82, 2.24) is 0 Å². The van der Waals surface area contributed by atoms with Gasteiger partial charge in [-0.15, -0.1) is 0 Å². The minimum atomic E-state index is -0.767. The van der Waals surface area contributed by atoms with E-state index in [1.807, 2.05) is 0 Å². The van der Waals surface area contributed by atoms with Gasteiger partial charge in [-0.05, 0) is 44.9 Å². The molecule has 0 rings (SSSR count). The summed E-state index contributed by atoms with van der Waals surface area (Å²) in [6.45, 7) is 6.70. The maximum Gasteiger partial charge on any atom is 0.306 e. The summed E-state index contributed by atoms with van der Waals surface area (Å²) >= 11 is 0. The van der Waals surface area contributed by atoms with E-state index in [4.69, 9.17) is 14.2 Å². The zero-order valence-corrected chi connectivity index (χ0v) is 47.6. The normalized spacial score (nSPS) is 12.0. The van der Waals surface area contributed by atoms with Gasteiger partial charge in [0.1, 0.15) is 13.2 Å². The Morgan fingerprint density at radius 2 is 0.471 bits per heavy atom. The van der Waals surface area contributed by atoms with Crippen molar-refractivity contribution in [2.24, 2.45) is 0 Å². The third kappa shape index (κ3) is 57.1. The highest BCUT2D eigenvalue weighted by Gasteiger charge is 2.19. The van der Waals surface area contributed by atoms with E-state index in [0.717, 1.165) is 57.8 Å². The molecule has 0 spiro atoms. The fourth-order valence-corrected chi connectivity index (χ4v) is 9.74. The number of rotatable bonds is 59. The van der Waals surface area contributed by atoms with Gasteiger partial charge in [0.25, 0.3) is 0 Å². The van der Waals surface area contributed by atoms with E-state index in [2.05, 4.69) is 32.9 Å². The molecule has 6 heteroatoms. The molecular weight excluding hydrogens is 865 g/mol. The van der Waals surface area contributed by atoms with Gasteiger partial charge < -0.3 is 14.2 Å². The highest BCUT2D eigenvalue weighted by molar-refractivity contribution is 5.71. The van der Waals surface area contributed by atoms with Gasteiger partial charge in [0, 0.05) is 19.3 Å². The zero-order valence-electron chi connectivity index (χ0n) is 47.6. The van der Waals surface area contributed by atoms with Gasteiger partial charge in [0.2, 0.25) is 0 Å². The SMILES string of the molecule is CCCCCCCC/C=C\CCCCCCCCCC(=O)OC(COC(=O)CCCCCCCCCCCCCC)COC(=O)CCCCCCCCCCCCCCCCCCCCCCCCC. The first-order valence-electron chi connectivity index (χ1n) is 31.7. The smallest absolute Gasteiger partial charge is 0.306 e. The Morgan fingerprint density at radius 1 is 0.271 bits per heavy atom. The third-order valence-corrected chi connectivity index (χ3v) is 14.5. The predicted molar refractivity (Wildman–Crippen MR) is 303 cm³/mol. The van der Waals surface area contributed by atoms with Crippen LogP contribution in [0.2, 0.25) is 0 Å². The molecule has 70 heavy (non-hydrogen) atoms. The lowest BCUT2D eigenvalue weighted by molar-refractivity contribution is -0.167. The molecule has 0 fully saturated rings. The number of unbranched alkanes of at least 4 members (excludes halogenated alkanes) is 46. The van der Waals surface area contributed by atoms with Crippen molar-refractivity contribution in [3.8, 4) is 0 Å². The molecule has 0 aliphatic rings. The summed E-state index contributed by atoms with van der Waals surface area (Å²) in [5.74, 6) is -0.842. The van der Waals surface area contributed by atoms with Crippen LogP contribution in [0.25, 0.3) is 0 Å². The van der Waals surface area contributed by atoms with Gasteiger partial charge in [0.15, 0.2) is 6.10 Å². The summed E-state index contributed by atoms with van der Waals surface area (Å²) in [4.78, 5) is 38.2. The Balaban J connectivity index is 4.22. The minimum Gasteiger partial charge on any atom is -0.462 e. The van der Waals surface area contributed by atoms with Crippen LogP contribution in [0.3, 0.4) is 0 Å². The van der Waals surface area contributed by atoms with Gasteiger partial charge in [-0.2, -0.15) is 0 Å². The molecule has 0 aliphatic carbocycles. The predicted octanol–water partition coefficient (Wildman–Crippen LogP) is 21.3. The van der Waals surface area contributed by atoms with E-state index in [-0.39, 0.29) is 31.1 Å². The summed E-state index contributed by atoms with van der Waals surface area (Å²) in [6.07, 6.45) is 69.3. The summed E-state index contributed by atoms with van der Waals surface area (Å²) in [5, 5.41) is 0. The number of carbonyl (C=O) groups excluding carboxylic acids is 3. The van der Waals surface area contributed by atoms with Crippen molar-refractivity contribution in [2.75, 3.05) is 13.2 Å². The maximum atomic E-state index is 12.9. The molecular formula is C64H122O6. The second kappa shape index (κ2) is 59.7. The number of hydrogen-bond donors (Lipinski definition) is 0. The fraction of sp³-hybridized carbons (Fsp3) is 0.922. The summed E-state index contributed by atoms with van der Waals surface area (Å²) in [7, 11) is 0. The Bertz CT molecular complexity index is 1090. The molecule has 0 heterocycles. The summed E-state index contributed by atoms with van der Waals surface area (Å²) < 4.78 is 16.9. The van der Waals surface area contributed by atoms with Gasteiger partial charge in [-0.3, -0.25) is 14.4 Å². The lowest BCUT2D eigenvalue weighted by Crippen LogP contribution is -2.30. The van der Waals surface area contributed by atoms with Crippen LogP contribution in [0.15, 0.2) is 12.2 Å². The Kier molecular flexibility index (Phi) is 58.1. The van der Waals surface area contributed by atoms with Crippen LogP contribution < -0.4 is 0 Å². The van der Waals surface area contributed by atoms with Crippen molar-refractivity contribution >= 4 is 17.9 Å². The lowest BCUT2D eigenvalue weighted by Gasteiger charge is -2.18. The van der Waals surface area contributed by atoms with Crippen molar-refractivity contribution in [3.05, 3.63) is 12.2 Å². The third-order valence-electron chi connectivity index (χ3n) is 14.5. The maximum absolute atomic E-state index is 12.9. The quantitative estimate of drug-likeness (QED) is 0.0261. The number of hydrogen-bond acceptors (Lipinski definition) is 6. The molecule has 0 saturated heterocycles. The van der Waals surface area contributed by atoms with Crippen molar-refractivity contribution in [1.29, 1.82) is 0 Å². The number of carbonyl (C=O) groups is 3. The Morgan fingerprint density at radius 3 is 0.714 bits per heavy atom. The van der Waals surface area contributed by atoms with E-state index >= 15 is 0 Å². The monoisotopic (exact) mass is 987 g/mol. The van der Waals surface area contributed by atoms with Gasteiger partial charge in [-0.1, -0.05) is 309 Å². The lowest BCUT2D eigenvalue weighted by atomic mass is 10.0. The van der Waals surface area contributed by atoms with E-state index in [1.165, 1.54) is 263 Å². The number of esters is 3. The molecule has 6 nitrogen and oxygen atoms in total. The molecule has 1 atom stereocenters. The molecule has 0 radical (unpaired) electrons. The van der Waals surface area contributed by atoms with Crippen LogP contribution in [-0.2, 0) is 28.6 Å². The van der Waals surface area contributed by atoms with Crippen LogP contribution >= 0.6 is 0 Å². The molecule has 0 aliphatic heterocycles. The molecule has 0 saturated carbocycles. The largest absolute Gasteiger partial charge is 0.462 e. The minimum absolute atomic E-state index is 0.0654. The van der Waals surface area contributed by atoms with Crippen molar-refractivity contribution < 1.29 is 28.6 Å². The molecule has 0 N–H and O–H groups in total. The van der Waals surface area contributed by atoms with Gasteiger partial charge in [0.05, 0.1) is 0 Å². The molecule has 0 aromatic heterocycles. The number of allylic oxidation sites excluding steroid dienone is 2. The highest BCUT2D eigenvalue weighted by Crippen LogP contribution is 2.18. The number of ether oxygens (including phenoxy) is 3. The van der Waals surface area contributed by atoms with Crippen molar-refractivity contribution in [3.63, 3.8) is 0 Å². The van der Waals surface area contributed by atoms with Crippen LogP contribution in [0.4, 0.5) is 0 Å². The first-order valence-corrected chi connectivity index (χ1v) is 31.7. The topological polar surface area (TPSA) is 78.9 Å².